The van der Waals surface area contributed by atoms with E-state index in [-0.39, 0.29) is 43.0 Å². The average Bonchev–Trinajstić information content (AvgIpc) is 2.97. The van der Waals surface area contributed by atoms with Gasteiger partial charge in [0, 0.05) is 24.4 Å². The van der Waals surface area contributed by atoms with Crippen LogP contribution in [0.15, 0.2) is 47.4 Å². The molecule has 0 radical (unpaired) electrons. The third-order valence-corrected chi connectivity index (χ3v) is 8.37. The summed E-state index contributed by atoms with van der Waals surface area (Å²) < 4.78 is 64.2. The molecule has 0 aliphatic carbocycles. The summed E-state index contributed by atoms with van der Waals surface area (Å²) in [4.78, 5) is 42.0. The number of ether oxygens (including phenoxy) is 1. The quantitative estimate of drug-likeness (QED) is 0.142. The van der Waals surface area contributed by atoms with Gasteiger partial charge in [-0.1, -0.05) is 32.0 Å². The zero-order valence-electron chi connectivity index (χ0n) is 29.1. The first-order valence-corrected chi connectivity index (χ1v) is 16.2. The lowest BCUT2D eigenvalue weighted by atomic mass is 9.90. The van der Waals surface area contributed by atoms with E-state index in [4.69, 9.17) is 4.74 Å². The van der Waals surface area contributed by atoms with Crippen molar-refractivity contribution in [3.05, 3.63) is 92.1 Å². The number of aryl methyl sites for hydroxylation is 3. The van der Waals surface area contributed by atoms with Gasteiger partial charge in [-0.25, -0.2) is 4.39 Å². The summed E-state index contributed by atoms with van der Waals surface area (Å²) in [5, 5.41) is 2.79. The van der Waals surface area contributed by atoms with Gasteiger partial charge >= 0.3 is 12.1 Å². The van der Waals surface area contributed by atoms with Crippen LogP contribution in [-0.4, -0.2) is 48.6 Å². The topological polar surface area (TPSA) is 80.6 Å². The zero-order chi connectivity index (χ0) is 35.9. The summed E-state index contributed by atoms with van der Waals surface area (Å²) in [6.07, 6.45) is -3.47. The monoisotopic (exact) mass is 673 g/mol. The lowest BCUT2D eigenvalue weighted by Crippen LogP contribution is -2.40. The Morgan fingerprint density at radius 2 is 1.65 bits per heavy atom. The van der Waals surface area contributed by atoms with E-state index in [0.29, 0.717) is 23.6 Å². The van der Waals surface area contributed by atoms with Crippen molar-refractivity contribution in [2.75, 3.05) is 27.2 Å². The van der Waals surface area contributed by atoms with Gasteiger partial charge in [0.05, 0.1) is 24.6 Å². The highest BCUT2D eigenvalue weighted by Gasteiger charge is 2.36. The molecule has 0 saturated carbocycles. The van der Waals surface area contributed by atoms with E-state index < -0.39 is 53.5 Å². The van der Waals surface area contributed by atoms with Crippen LogP contribution in [0.1, 0.15) is 85.5 Å². The third kappa shape index (κ3) is 9.78. The minimum Gasteiger partial charge on any atom is -0.466 e. The molecule has 2 atom stereocenters. The van der Waals surface area contributed by atoms with Crippen LogP contribution in [-0.2, 0) is 26.9 Å². The van der Waals surface area contributed by atoms with Crippen molar-refractivity contribution >= 4 is 11.9 Å². The number of carbonyl (C=O) groups is 2. The Morgan fingerprint density at radius 3 is 2.21 bits per heavy atom. The number of amides is 1. The molecule has 0 bridgehead atoms. The number of nitrogens with one attached hydrogen (secondary N) is 1. The van der Waals surface area contributed by atoms with Gasteiger partial charge in [-0.05, 0) is 112 Å². The van der Waals surface area contributed by atoms with Crippen LogP contribution < -0.4 is 10.9 Å². The lowest BCUT2D eigenvalue weighted by Gasteiger charge is -2.27. The van der Waals surface area contributed by atoms with E-state index in [9.17, 15) is 27.6 Å². The van der Waals surface area contributed by atoms with E-state index in [1.807, 2.05) is 45.9 Å². The van der Waals surface area contributed by atoms with Gasteiger partial charge in [-0.3, -0.25) is 14.4 Å². The van der Waals surface area contributed by atoms with Crippen molar-refractivity contribution in [2.45, 2.75) is 85.5 Å². The van der Waals surface area contributed by atoms with Gasteiger partial charge in [0.25, 0.3) is 5.56 Å². The number of likely N-dealkylation sites (N-methyl/N-ethyl adjacent to an activating group) is 1. The summed E-state index contributed by atoms with van der Waals surface area (Å²) in [7, 11) is 3.45. The number of nitrogens with zero attached hydrogens (tertiary/aromatic N) is 2. The fourth-order valence-electron chi connectivity index (χ4n) is 5.89. The number of hydrogen-bond acceptors (Lipinski definition) is 5. The molecule has 0 aliphatic heterocycles. The molecule has 0 saturated heterocycles. The Balaban J connectivity index is 2.17. The molecule has 1 aromatic heterocycles. The molecule has 2 aromatic carbocycles. The number of hydrogen-bond donors (Lipinski definition) is 1. The first-order chi connectivity index (χ1) is 22.4. The van der Waals surface area contributed by atoms with E-state index in [0.717, 1.165) is 27.5 Å². The van der Waals surface area contributed by atoms with Crippen LogP contribution in [0.5, 0.6) is 0 Å². The van der Waals surface area contributed by atoms with Crippen molar-refractivity contribution in [1.82, 2.24) is 14.8 Å². The van der Waals surface area contributed by atoms with Crippen LogP contribution >= 0.6 is 0 Å². The van der Waals surface area contributed by atoms with Gasteiger partial charge in [-0.15, -0.1) is 0 Å². The fourth-order valence-corrected chi connectivity index (χ4v) is 5.89. The number of pyridine rings is 1. The highest BCUT2D eigenvalue weighted by molar-refractivity contribution is 5.82. The van der Waals surface area contributed by atoms with Crippen molar-refractivity contribution in [3.8, 4) is 11.1 Å². The molecule has 0 aliphatic rings. The van der Waals surface area contributed by atoms with E-state index in [2.05, 4.69) is 5.32 Å². The third-order valence-electron chi connectivity index (χ3n) is 8.37. The Labute approximate surface area is 280 Å². The van der Waals surface area contributed by atoms with Crippen LogP contribution in [0.3, 0.4) is 0 Å². The fraction of sp³-hybridized carbons (Fsp3) is 0.486. The van der Waals surface area contributed by atoms with E-state index >= 15 is 4.39 Å². The number of aromatic nitrogens is 1. The number of rotatable bonds is 14. The molecule has 1 unspecified atom stereocenters. The molecule has 7 nitrogen and oxygen atoms in total. The second kappa shape index (κ2) is 16.4. The second-order valence-electron chi connectivity index (χ2n) is 13.0. The van der Waals surface area contributed by atoms with Gasteiger partial charge in [-0.2, -0.15) is 13.2 Å². The first kappa shape index (κ1) is 38.5. The largest absolute Gasteiger partial charge is 0.466 e. The first-order valence-electron chi connectivity index (χ1n) is 16.2. The van der Waals surface area contributed by atoms with Crippen LogP contribution in [0.4, 0.5) is 17.6 Å². The molecule has 0 spiro atoms. The molecular weight excluding hydrogens is 626 g/mol. The summed E-state index contributed by atoms with van der Waals surface area (Å²) in [5.41, 5.74) is 1.71. The highest BCUT2D eigenvalue weighted by Crippen LogP contribution is 2.35. The minimum absolute atomic E-state index is 0.0122. The Bertz CT molecular complexity index is 1640. The van der Waals surface area contributed by atoms with E-state index in [1.54, 1.807) is 45.0 Å². The number of alkyl halides is 3. The lowest BCUT2D eigenvalue weighted by molar-refractivity contribution is -0.144. The van der Waals surface area contributed by atoms with E-state index in [1.165, 1.54) is 0 Å². The van der Waals surface area contributed by atoms with Crippen molar-refractivity contribution in [2.24, 2.45) is 5.92 Å². The number of benzene rings is 2. The SMILES string of the molecule is CCOC(=O)C[C@H](NC(=O)C(CCC(C)C)n1cc(CCN(C)C)c(C(F)(F)F)cc1=O)c1cc(-c2c(C)cccc2C)cc(C)c1F. The molecule has 3 rings (SSSR count). The zero-order valence-corrected chi connectivity index (χ0v) is 29.1. The molecule has 1 heterocycles. The number of carbonyl (C=O) groups excluding carboxylic acids is 2. The summed E-state index contributed by atoms with van der Waals surface area (Å²) >= 11 is 0. The molecule has 11 heteroatoms. The highest BCUT2D eigenvalue weighted by atomic mass is 19.4. The molecule has 48 heavy (non-hydrogen) atoms. The van der Waals surface area contributed by atoms with Gasteiger partial charge < -0.3 is 19.5 Å². The minimum atomic E-state index is -4.77. The number of halogens is 4. The molecular formula is C37H47F4N3O4. The molecule has 1 N–H and O–H groups in total. The maximum Gasteiger partial charge on any atom is 0.416 e. The number of esters is 1. The molecule has 3 aromatic rings. The van der Waals surface area contributed by atoms with Crippen LogP contribution in [0.2, 0.25) is 0 Å². The molecule has 1 amide bonds. The summed E-state index contributed by atoms with van der Waals surface area (Å²) in [6, 6.07) is 7.22. The summed E-state index contributed by atoms with van der Waals surface area (Å²) in [5.74, 6) is -1.91. The van der Waals surface area contributed by atoms with Crippen molar-refractivity contribution in [3.63, 3.8) is 0 Å². The molecule has 262 valence electrons. The Morgan fingerprint density at radius 1 is 1.00 bits per heavy atom. The van der Waals surface area contributed by atoms with Gasteiger partial charge in [0.1, 0.15) is 11.9 Å². The average molecular weight is 674 g/mol. The van der Waals surface area contributed by atoms with Crippen molar-refractivity contribution < 1.29 is 31.9 Å². The second-order valence-corrected chi connectivity index (χ2v) is 13.0. The normalized spacial score (nSPS) is 13.1. The van der Waals surface area contributed by atoms with Crippen molar-refractivity contribution in [1.29, 1.82) is 0 Å². The van der Waals surface area contributed by atoms with Gasteiger partial charge in [0.2, 0.25) is 5.91 Å². The van der Waals surface area contributed by atoms with Crippen LogP contribution in [0.25, 0.3) is 11.1 Å². The Hall–Kier alpha value is -3.99. The summed E-state index contributed by atoms with van der Waals surface area (Å²) in [6.45, 7) is 11.3. The predicted octanol–water partition coefficient (Wildman–Crippen LogP) is 7.49. The molecule has 0 fully saturated rings. The van der Waals surface area contributed by atoms with Crippen LogP contribution in [0, 0.1) is 32.5 Å². The maximum absolute atomic E-state index is 16.0. The maximum atomic E-state index is 16.0. The Kier molecular flexibility index (Phi) is 13.1. The predicted molar refractivity (Wildman–Crippen MR) is 179 cm³/mol. The smallest absolute Gasteiger partial charge is 0.416 e. The van der Waals surface area contributed by atoms with Gasteiger partial charge in [0.15, 0.2) is 0 Å². The standard InChI is InChI=1S/C37H47F4N3O4/c1-9-48-33(46)20-30(28-18-27(17-25(6)35(28)38)34-23(4)11-10-12-24(34)5)42-36(47)31(14-13-22(2)3)44-21-26(15-16-43(7)8)29(19-32(44)45)37(39,40)41/h10-12,17-19,21-22,30-31H,9,13-16,20H2,1-8H3,(H,42,47)/t30-,31?/m0/s1.